The van der Waals surface area contributed by atoms with E-state index in [1.54, 1.807) is 21.0 Å². The molecule has 3 rings (SSSR count). The second kappa shape index (κ2) is 9.25. The van der Waals surface area contributed by atoms with Crippen molar-refractivity contribution in [2.24, 2.45) is 0 Å². The van der Waals surface area contributed by atoms with Crippen LogP contribution in [0.15, 0.2) is 35.9 Å². The molecule has 0 spiro atoms. The van der Waals surface area contributed by atoms with E-state index in [0.29, 0.717) is 24.0 Å². The van der Waals surface area contributed by atoms with Crippen LogP contribution in [0, 0.1) is 0 Å². The van der Waals surface area contributed by atoms with Gasteiger partial charge in [0.2, 0.25) is 0 Å². The van der Waals surface area contributed by atoms with Crippen molar-refractivity contribution in [3.63, 3.8) is 0 Å². The number of carbonyl (C=O) groups is 1. The Labute approximate surface area is 189 Å². The van der Waals surface area contributed by atoms with Crippen LogP contribution in [0.4, 0.5) is 0 Å². The molecule has 2 aromatic rings. The fourth-order valence-corrected chi connectivity index (χ4v) is 3.83. The van der Waals surface area contributed by atoms with Crippen LogP contribution in [0.3, 0.4) is 0 Å². The molecule has 6 nitrogen and oxygen atoms in total. The van der Waals surface area contributed by atoms with Crippen molar-refractivity contribution in [1.29, 1.82) is 0 Å². The Balaban J connectivity index is 1.97. The predicted octanol–water partition coefficient (Wildman–Crippen LogP) is 4.51. The number of methoxy groups -OCH3 is 1. The van der Waals surface area contributed by atoms with Crippen LogP contribution in [0.1, 0.15) is 61.2 Å². The maximum atomic E-state index is 13.3. The highest BCUT2D eigenvalue weighted by atomic mass is 16.5. The van der Waals surface area contributed by atoms with Crippen LogP contribution in [-0.4, -0.2) is 39.9 Å². The van der Waals surface area contributed by atoms with Crippen molar-refractivity contribution in [1.82, 2.24) is 0 Å². The summed E-state index contributed by atoms with van der Waals surface area (Å²) in [4.78, 5) is 13.3. The lowest BCUT2D eigenvalue weighted by Gasteiger charge is -2.24. The third-order valence-electron chi connectivity index (χ3n) is 5.83. The number of hydrogen-bond donors (Lipinski definition) is 3. The molecular formula is C26H32O6. The highest BCUT2D eigenvalue weighted by Crippen LogP contribution is 2.48. The summed E-state index contributed by atoms with van der Waals surface area (Å²) in [5.41, 5.74) is 1.66. The maximum Gasteiger partial charge on any atom is 0.170 e. The first-order valence-corrected chi connectivity index (χ1v) is 10.8. The van der Waals surface area contributed by atoms with Gasteiger partial charge in [-0.1, -0.05) is 23.8 Å². The van der Waals surface area contributed by atoms with Gasteiger partial charge in [-0.2, -0.15) is 0 Å². The largest absolute Gasteiger partial charge is 0.507 e. The number of phenolic OH excluding ortho intramolecular Hbond substituents is 2. The summed E-state index contributed by atoms with van der Waals surface area (Å²) < 4.78 is 11.1. The molecule has 0 saturated carbocycles. The molecule has 0 aromatic heterocycles. The van der Waals surface area contributed by atoms with Gasteiger partial charge in [0.1, 0.15) is 34.7 Å². The number of fused-ring (bicyclic) bond motifs is 1. The Morgan fingerprint density at radius 3 is 2.41 bits per heavy atom. The highest BCUT2D eigenvalue weighted by Gasteiger charge is 2.40. The number of allylic oxidation sites excluding steroid dienone is 2. The van der Waals surface area contributed by atoms with Gasteiger partial charge in [-0.05, 0) is 58.2 Å². The van der Waals surface area contributed by atoms with Crippen molar-refractivity contribution in [3.05, 3.63) is 58.2 Å². The average Bonchev–Trinajstić information content (AvgIpc) is 3.18. The van der Waals surface area contributed by atoms with E-state index in [-0.39, 0.29) is 41.4 Å². The fourth-order valence-electron chi connectivity index (χ4n) is 3.83. The van der Waals surface area contributed by atoms with Gasteiger partial charge < -0.3 is 24.8 Å². The molecule has 172 valence electrons. The molecule has 0 bridgehead atoms. The molecule has 1 aliphatic heterocycles. The van der Waals surface area contributed by atoms with Gasteiger partial charge in [0.05, 0.1) is 12.7 Å². The molecule has 1 heterocycles. The van der Waals surface area contributed by atoms with Crippen LogP contribution < -0.4 is 9.47 Å². The molecular weight excluding hydrogens is 408 g/mol. The first-order chi connectivity index (χ1) is 15.0. The van der Waals surface area contributed by atoms with Crippen molar-refractivity contribution >= 4 is 5.78 Å². The summed E-state index contributed by atoms with van der Waals surface area (Å²) >= 11 is 0. The van der Waals surface area contributed by atoms with E-state index in [9.17, 15) is 20.1 Å². The van der Waals surface area contributed by atoms with Gasteiger partial charge in [-0.25, -0.2) is 0 Å². The van der Waals surface area contributed by atoms with E-state index in [0.717, 1.165) is 16.9 Å². The number of rotatable bonds is 8. The number of aromatic hydroxyl groups is 2. The van der Waals surface area contributed by atoms with Crippen LogP contribution in [0.2, 0.25) is 0 Å². The van der Waals surface area contributed by atoms with Crippen LogP contribution in [0.5, 0.6) is 23.0 Å². The Morgan fingerprint density at radius 2 is 1.84 bits per heavy atom. The summed E-state index contributed by atoms with van der Waals surface area (Å²) in [6.45, 7) is 7.09. The van der Waals surface area contributed by atoms with E-state index in [2.05, 4.69) is 0 Å². The van der Waals surface area contributed by atoms with E-state index >= 15 is 0 Å². The Morgan fingerprint density at radius 1 is 1.19 bits per heavy atom. The Hall–Kier alpha value is -2.99. The maximum absolute atomic E-state index is 13.3. The topological polar surface area (TPSA) is 96.2 Å². The SMILES string of the molecule is COc1ccc(CCC(=O)c2c(O)c(CC=C(C)C)c(O)c3c2OC(C(C)(C)O)C3)cc1. The van der Waals surface area contributed by atoms with Crippen LogP contribution >= 0.6 is 0 Å². The number of aryl methyl sites for hydroxylation is 1. The minimum Gasteiger partial charge on any atom is -0.507 e. The average molecular weight is 441 g/mol. The number of ketones is 1. The highest BCUT2D eigenvalue weighted by molar-refractivity contribution is 6.03. The zero-order valence-corrected chi connectivity index (χ0v) is 19.4. The second-order valence-electron chi connectivity index (χ2n) is 9.08. The van der Waals surface area contributed by atoms with Gasteiger partial charge in [0.25, 0.3) is 0 Å². The van der Waals surface area contributed by atoms with Crippen molar-refractivity contribution in [3.8, 4) is 23.0 Å². The standard InChI is InChI=1S/C26H32O6/c1-15(2)6-12-18-23(28)19-14-21(26(3,4)30)32-25(19)22(24(18)29)20(27)13-9-16-7-10-17(31-5)11-8-16/h6-8,10-11,21,28-30H,9,12-14H2,1-5H3. The predicted molar refractivity (Wildman–Crippen MR) is 123 cm³/mol. The van der Waals surface area contributed by atoms with Gasteiger partial charge in [0.15, 0.2) is 5.78 Å². The molecule has 1 unspecified atom stereocenters. The number of carbonyl (C=O) groups excluding carboxylic acids is 1. The summed E-state index contributed by atoms with van der Waals surface area (Å²) in [6.07, 6.45) is 2.45. The summed E-state index contributed by atoms with van der Waals surface area (Å²) in [5.74, 6) is 0.310. The molecule has 0 saturated heterocycles. The van der Waals surface area contributed by atoms with Crippen molar-refractivity contribution < 1.29 is 29.6 Å². The first kappa shape index (κ1) is 23.7. The molecule has 1 aliphatic rings. The molecule has 0 fully saturated rings. The lowest BCUT2D eigenvalue weighted by molar-refractivity contribution is -0.0232. The number of hydrogen-bond acceptors (Lipinski definition) is 6. The summed E-state index contributed by atoms with van der Waals surface area (Å²) in [7, 11) is 1.60. The summed E-state index contributed by atoms with van der Waals surface area (Å²) in [5, 5.41) is 32.3. The Bertz CT molecular complexity index is 1020. The molecule has 0 radical (unpaired) electrons. The van der Waals surface area contributed by atoms with Gasteiger partial charge in [0, 0.05) is 24.0 Å². The Kier molecular flexibility index (Phi) is 6.84. The zero-order valence-electron chi connectivity index (χ0n) is 19.4. The fraction of sp³-hybridized carbons (Fsp3) is 0.423. The van der Waals surface area contributed by atoms with Gasteiger partial charge in [-0.15, -0.1) is 0 Å². The minimum absolute atomic E-state index is 0.0755. The van der Waals surface area contributed by atoms with E-state index in [1.165, 1.54) is 0 Å². The van der Waals surface area contributed by atoms with Gasteiger partial charge in [-0.3, -0.25) is 4.79 Å². The number of phenols is 2. The van der Waals surface area contributed by atoms with Crippen LogP contribution in [0.25, 0.3) is 0 Å². The molecule has 2 aromatic carbocycles. The van der Waals surface area contributed by atoms with Crippen LogP contribution in [-0.2, 0) is 19.3 Å². The lowest BCUT2D eigenvalue weighted by Crippen LogP contribution is -2.39. The zero-order chi connectivity index (χ0) is 23.6. The van der Waals surface area contributed by atoms with Crippen molar-refractivity contribution in [2.45, 2.75) is 65.1 Å². The minimum atomic E-state index is -1.18. The van der Waals surface area contributed by atoms with E-state index in [4.69, 9.17) is 9.47 Å². The third kappa shape index (κ3) is 4.91. The number of benzene rings is 2. The molecule has 1 atom stereocenters. The molecule has 0 amide bonds. The molecule has 32 heavy (non-hydrogen) atoms. The number of Topliss-reactive ketones (excluding diaryl/α,β-unsaturated/α-hetero) is 1. The van der Waals surface area contributed by atoms with E-state index < -0.39 is 11.7 Å². The third-order valence-corrected chi connectivity index (χ3v) is 5.83. The molecule has 3 N–H and O–H groups in total. The van der Waals surface area contributed by atoms with E-state index in [1.807, 2.05) is 44.2 Å². The number of aliphatic hydroxyl groups is 1. The first-order valence-electron chi connectivity index (χ1n) is 10.8. The second-order valence-corrected chi connectivity index (χ2v) is 9.08. The van der Waals surface area contributed by atoms with Gasteiger partial charge >= 0.3 is 0 Å². The molecule has 0 aliphatic carbocycles. The normalized spacial score (nSPS) is 15.1. The quantitative estimate of drug-likeness (QED) is 0.413. The summed E-state index contributed by atoms with van der Waals surface area (Å²) in [6, 6.07) is 7.47. The monoisotopic (exact) mass is 440 g/mol. The number of ether oxygens (including phenoxy) is 2. The molecule has 6 heteroatoms. The smallest absolute Gasteiger partial charge is 0.170 e. The van der Waals surface area contributed by atoms with Crippen molar-refractivity contribution in [2.75, 3.05) is 7.11 Å². The lowest BCUT2D eigenvalue weighted by atomic mass is 9.91.